The van der Waals surface area contributed by atoms with E-state index in [0.29, 0.717) is 0 Å². The molecular formula is C25H25N3. The monoisotopic (exact) mass is 367 g/mol. The lowest BCUT2D eigenvalue weighted by Crippen LogP contribution is -2.26. The average Bonchev–Trinajstić information content (AvgIpc) is 3.30. The molecule has 1 saturated heterocycles. The van der Waals surface area contributed by atoms with Gasteiger partial charge in [-0.1, -0.05) is 66.7 Å². The predicted molar refractivity (Wildman–Crippen MR) is 119 cm³/mol. The number of aliphatic imine (C=N–C) groups is 1. The second-order valence-electron chi connectivity index (χ2n) is 6.91. The molecule has 1 heterocycles. The molecule has 0 unspecified atom stereocenters. The Labute approximate surface area is 167 Å². The summed E-state index contributed by atoms with van der Waals surface area (Å²) in [7, 11) is 0. The summed E-state index contributed by atoms with van der Waals surface area (Å²) in [4.78, 5) is 7.35. The normalized spacial score (nSPS) is 14.9. The molecule has 3 heteroatoms. The van der Waals surface area contributed by atoms with Gasteiger partial charge in [0, 0.05) is 30.5 Å². The standard InChI is InChI=1S/C25H25N3/c1-4-12-21(13-5-1)24(26-22-14-6-2-7-15-22)20-25(28-18-10-11-19-28)27-23-16-8-3-9-17-23/h1-9,12-17,20,26H,10-11,18-19H2/b24-20-,27-25-. The molecule has 3 aromatic carbocycles. The molecule has 0 aliphatic carbocycles. The van der Waals surface area contributed by atoms with Crippen LogP contribution in [0.25, 0.3) is 5.70 Å². The number of likely N-dealkylation sites (tertiary alicyclic amines) is 1. The number of anilines is 1. The van der Waals surface area contributed by atoms with Crippen LogP contribution in [0.1, 0.15) is 18.4 Å². The molecule has 1 aliphatic heterocycles. The van der Waals surface area contributed by atoms with Gasteiger partial charge in [-0.2, -0.15) is 0 Å². The van der Waals surface area contributed by atoms with Gasteiger partial charge in [0.15, 0.2) is 0 Å². The lowest BCUT2D eigenvalue weighted by molar-refractivity contribution is 0.523. The van der Waals surface area contributed by atoms with Gasteiger partial charge in [0.25, 0.3) is 0 Å². The van der Waals surface area contributed by atoms with Crippen molar-refractivity contribution in [1.29, 1.82) is 0 Å². The van der Waals surface area contributed by atoms with E-state index in [0.717, 1.165) is 41.6 Å². The molecule has 4 rings (SSSR count). The molecule has 1 N–H and O–H groups in total. The van der Waals surface area contributed by atoms with Gasteiger partial charge in [0.2, 0.25) is 0 Å². The Morgan fingerprint density at radius 3 is 1.96 bits per heavy atom. The fraction of sp³-hybridized carbons (Fsp3) is 0.160. The Morgan fingerprint density at radius 2 is 1.32 bits per heavy atom. The summed E-state index contributed by atoms with van der Waals surface area (Å²) in [5.74, 6) is 1.01. The van der Waals surface area contributed by atoms with Crippen LogP contribution in [0.2, 0.25) is 0 Å². The van der Waals surface area contributed by atoms with Crippen LogP contribution in [0.15, 0.2) is 102 Å². The lowest BCUT2D eigenvalue weighted by Gasteiger charge is -2.20. The summed E-state index contributed by atoms with van der Waals surface area (Å²) in [6.07, 6.45) is 4.61. The van der Waals surface area contributed by atoms with Gasteiger partial charge in [0.05, 0.1) is 5.69 Å². The SMILES string of the molecule is C(=C(/Nc1ccccc1)c1ccccc1)/C(=N/c1ccccc1)N1CCCC1. The van der Waals surface area contributed by atoms with E-state index < -0.39 is 0 Å². The van der Waals surface area contributed by atoms with Crippen LogP contribution in [0, 0.1) is 0 Å². The summed E-state index contributed by atoms with van der Waals surface area (Å²) in [6.45, 7) is 2.10. The Kier molecular flexibility index (Phi) is 5.83. The van der Waals surface area contributed by atoms with Crippen molar-refractivity contribution in [3.8, 4) is 0 Å². The summed E-state index contributed by atoms with van der Waals surface area (Å²) < 4.78 is 0. The number of nitrogens with one attached hydrogen (secondary N) is 1. The van der Waals surface area contributed by atoms with E-state index in [1.807, 2.05) is 42.5 Å². The number of para-hydroxylation sites is 2. The molecule has 1 aliphatic rings. The first-order valence-electron chi connectivity index (χ1n) is 9.86. The Morgan fingerprint density at radius 1 is 0.750 bits per heavy atom. The van der Waals surface area contributed by atoms with Gasteiger partial charge in [-0.15, -0.1) is 0 Å². The molecule has 0 bridgehead atoms. The van der Waals surface area contributed by atoms with Crippen LogP contribution in [0.3, 0.4) is 0 Å². The first-order chi connectivity index (χ1) is 13.9. The van der Waals surface area contributed by atoms with E-state index in [9.17, 15) is 0 Å². The van der Waals surface area contributed by atoms with E-state index in [1.165, 1.54) is 12.8 Å². The number of rotatable bonds is 5. The molecule has 140 valence electrons. The maximum atomic E-state index is 4.97. The molecule has 0 spiro atoms. The molecule has 1 fully saturated rings. The largest absolute Gasteiger partial charge is 0.357 e. The van der Waals surface area contributed by atoms with Crippen molar-refractivity contribution in [2.75, 3.05) is 18.4 Å². The molecule has 0 amide bonds. The Bertz CT molecular complexity index is 925. The van der Waals surface area contributed by atoms with Gasteiger partial charge in [0.1, 0.15) is 5.84 Å². The highest BCUT2D eigenvalue weighted by Gasteiger charge is 2.16. The lowest BCUT2D eigenvalue weighted by atomic mass is 10.1. The Balaban J connectivity index is 1.75. The molecule has 28 heavy (non-hydrogen) atoms. The smallest absolute Gasteiger partial charge is 0.131 e. The molecule has 0 radical (unpaired) electrons. The number of hydrogen-bond acceptors (Lipinski definition) is 2. The van der Waals surface area contributed by atoms with Crippen molar-refractivity contribution in [1.82, 2.24) is 4.90 Å². The highest BCUT2D eigenvalue weighted by Crippen LogP contribution is 2.22. The van der Waals surface area contributed by atoms with Crippen molar-refractivity contribution in [3.63, 3.8) is 0 Å². The maximum Gasteiger partial charge on any atom is 0.131 e. The number of benzene rings is 3. The minimum atomic E-state index is 0.979. The van der Waals surface area contributed by atoms with Gasteiger partial charge in [-0.25, -0.2) is 4.99 Å². The van der Waals surface area contributed by atoms with Gasteiger partial charge < -0.3 is 10.2 Å². The molecular weight excluding hydrogens is 342 g/mol. The van der Waals surface area contributed by atoms with Gasteiger partial charge in [-0.05, 0) is 42.7 Å². The first-order valence-corrected chi connectivity index (χ1v) is 9.86. The molecule has 3 aromatic rings. The molecule has 3 nitrogen and oxygen atoms in total. The highest BCUT2D eigenvalue weighted by atomic mass is 15.2. The van der Waals surface area contributed by atoms with Crippen LogP contribution in [0.5, 0.6) is 0 Å². The zero-order valence-electron chi connectivity index (χ0n) is 16.0. The second kappa shape index (κ2) is 9.05. The van der Waals surface area contributed by atoms with Crippen LogP contribution in [0.4, 0.5) is 11.4 Å². The zero-order valence-corrected chi connectivity index (χ0v) is 16.0. The summed E-state index contributed by atoms with van der Waals surface area (Å²) >= 11 is 0. The van der Waals surface area contributed by atoms with E-state index in [2.05, 4.69) is 64.8 Å². The molecule has 0 saturated carbocycles. The van der Waals surface area contributed by atoms with E-state index >= 15 is 0 Å². The van der Waals surface area contributed by atoms with Crippen LogP contribution in [-0.4, -0.2) is 23.8 Å². The third-order valence-corrected chi connectivity index (χ3v) is 4.84. The Hall–Kier alpha value is -3.33. The van der Waals surface area contributed by atoms with Crippen molar-refractivity contribution in [3.05, 3.63) is 103 Å². The number of amidine groups is 1. The minimum Gasteiger partial charge on any atom is -0.357 e. The summed E-state index contributed by atoms with van der Waals surface area (Å²) in [6, 6.07) is 30.9. The average molecular weight is 367 g/mol. The van der Waals surface area contributed by atoms with E-state index in [-0.39, 0.29) is 0 Å². The number of hydrogen-bond donors (Lipinski definition) is 1. The quantitative estimate of drug-likeness (QED) is 0.445. The summed E-state index contributed by atoms with van der Waals surface area (Å²) in [5, 5.41) is 3.59. The number of nitrogens with zero attached hydrogens (tertiary/aromatic N) is 2. The minimum absolute atomic E-state index is 0.979. The third-order valence-electron chi connectivity index (χ3n) is 4.84. The highest BCUT2D eigenvalue weighted by molar-refractivity contribution is 6.02. The van der Waals surface area contributed by atoms with Crippen LogP contribution >= 0.6 is 0 Å². The fourth-order valence-corrected chi connectivity index (χ4v) is 3.39. The van der Waals surface area contributed by atoms with E-state index in [4.69, 9.17) is 4.99 Å². The van der Waals surface area contributed by atoms with Crippen molar-refractivity contribution in [2.45, 2.75) is 12.8 Å². The topological polar surface area (TPSA) is 27.6 Å². The first kappa shape index (κ1) is 18.1. The maximum absolute atomic E-state index is 4.97. The molecule has 0 atom stereocenters. The van der Waals surface area contributed by atoms with Crippen LogP contribution in [-0.2, 0) is 0 Å². The van der Waals surface area contributed by atoms with Crippen molar-refractivity contribution in [2.24, 2.45) is 4.99 Å². The van der Waals surface area contributed by atoms with Crippen molar-refractivity contribution < 1.29 is 0 Å². The van der Waals surface area contributed by atoms with E-state index in [1.54, 1.807) is 0 Å². The zero-order chi connectivity index (χ0) is 19.0. The summed E-state index contributed by atoms with van der Waals surface area (Å²) in [5.41, 5.74) is 4.24. The molecule has 0 aromatic heterocycles. The predicted octanol–water partition coefficient (Wildman–Crippen LogP) is 5.97. The second-order valence-corrected chi connectivity index (χ2v) is 6.91. The van der Waals surface area contributed by atoms with Gasteiger partial charge in [-0.3, -0.25) is 0 Å². The fourth-order valence-electron chi connectivity index (χ4n) is 3.39. The van der Waals surface area contributed by atoms with Crippen LogP contribution < -0.4 is 5.32 Å². The van der Waals surface area contributed by atoms with Crippen molar-refractivity contribution >= 4 is 22.9 Å². The van der Waals surface area contributed by atoms with Gasteiger partial charge >= 0.3 is 0 Å². The third kappa shape index (κ3) is 4.68.